The number of alkyl halides is 3. The van der Waals surface area contributed by atoms with Crippen molar-refractivity contribution < 1.29 is 17.9 Å². The van der Waals surface area contributed by atoms with Crippen molar-refractivity contribution in [2.24, 2.45) is 0 Å². The van der Waals surface area contributed by atoms with Crippen molar-refractivity contribution >= 4 is 10.9 Å². The van der Waals surface area contributed by atoms with Crippen molar-refractivity contribution in [1.82, 2.24) is 9.97 Å². The highest BCUT2D eigenvalue weighted by atomic mass is 19.2. The Morgan fingerprint density at radius 2 is 1.86 bits per heavy atom. The maximum Gasteiger partial charge on any atom is 0.160 e. The molecular weight excluding hydrogens is 281 g/mol. The quantitative estimate of drug-likeness (QED) is 0.848. The van der Waals surface area contributed by atoms with E-state index in [0.717, 1.165) is 5.56 Å². The fourth-order valence-electron chi connectivity index (χ4n) is 2.26. The van der Waals surface area contributed by atoms with Crippen LogP contribution >= 0.6 is 0 Å². The van der Waals surface area contributed by atoms with Crippen molar-refractivity contribution in [3.8, 4) is 5.75 Å². The Morgan fingerprint density at radius 1 is 1.14 bits per heavy atom. The van der Waals surface area contributed by atoms with Gasteiger partial charge in [0.2, 0.25) is 0 Å². The monoisotopic (exact) mass is 298 g/mol. The van der Waals surface area contributed by atoms with E-state index in [1.54, 1.807) is 13.0 Å². The maximum absolute atomic E-state index is 13.8. The lowest BCUT2D eigenvalue weighted by molar-refractivity contribution is 0.136. The number of hydrogen-bond acceptors (Lipinski definition) is 3. The molecule has 0 spiro atoms. The van der Waals surface area contributed by atoms with Gasteiger partial charge in [0.15, 0.2) is 6.17 Å². The molecule has 1 aromatic heterocycles. The molecule has 0 saturated carbocycles. The highest BCUT2D eigenvalue weighted by Crippen LogP contribution is 2.30. The van der Waals surface area contributed by atoms with Gasteiger partial charge in [-0.3, -0.25) is 0 Å². The third-order valence-corrected chi connectivity index (χ3v) is 3.35. The molecule has 2 atom stereocenters. The molecule has 6 heteroatoms. The summed E-state index contributed by atoms with van der Waals surface area (Å²) < 4.78 is 44.4. The molecule has 114 valence electrons. The van der Waals surface area contributed by atoms with Crippen molar-refractivity contribution in [3.05, 3.63) is 29.2 Å². The standard InChI is InChI=1S/C15H17F3N2O/c1-8-4-5-13(21-3)14-12(6-10(17)11(18)7-16)19-9(2)20-15(8)14/h4-5,10-11H,6-7H2,1-3H3. The van der Waals surface area contributed by atoms with Gasteiger partial charge >= 0.3 is 0 Å². The SMILES string of the molecule is COc1ccc(C)c2nc(C)nc(CC(F)C(F)CF)c12. The summed E-state index contributed by atoms with van der Waals surface area (Å²) in [6, 6.07) is 3.57. The van der Waals surface area contributed by atoms with Gasteiger partial charge in [0, 0.05) is 6.42 Å². The maximum atomic E-state index is 13.8. The van der Waals surface area contributed by atoms with Gasteiger partial charge in [-0.05, 0) is 25.5 Å². The minimum atomic E-state index is -2.15. The number of methoxy groups -OCH3 is 1. The second-order valence-electron chi connectivity index (χ2n) is 4.92. The molecule has 2 aromatic rings. The molecule has 0 N–H and O–H groups in total. The zero-order valence-corrected chi connectivity index (χ0v) is 12.2. The fraction of sp³-hybridized carbons (Fsp3) is 0.467. The first-order valence-electron chi connectivity index (χ1n) is 6.62. The normalized spacial score (nSPS) is 14.2. The first-order valence-corrected chi connectivity index (χ1v) is 6.62. The lowest BCUT2D eigenvalue weighted by Gasteiger charge is -2.15. The molecular formula is C15H17F3N2O. The van der Waals surface area contributed by atoms with Gasteiger partial charge in [-0.15, -0.1) is 0 Å². The van der Waals surface area contributed by atoms with E-state index < -0.39 is 19.0 Å². The topological polar surface area (TPSA) is 35.0 Å². The molecule has 0 radical (unpaired) electrons. The molecule has 2 rings (SSSR count). The van der Waals surface area contributed by atoms with E-state index in [2.05, 4.69) is 9.97 Å². The van der Waals surface area contributed by atoms with Gasteiger partial charge in [-0.25, -0.2) is 23.1 Å². The smallest absolute Gasteiger partial charge is 0.160 e. The minimum Gasteiger partial charge on any atom is -0.496 e. The third-order valence-electron chi connectivity index (χ3n) is 3.35. The summed E-state index contributed by atoms with van der Waals surface area (Å²) in [5, 5.41) is 0.553. The van der Waals surface area contributed by atoms with Crippen LogP contribution in [0.25, 0.3) is 10.9 Å². The summed E-state index contributed by atoms with van der Waals surface area (Å²) in [7, 11) is 1.49. The molecule has 3 nitrogen and oxygen atoms in total. The predicted octanol–water partition coefficient (Wildman–Crippen LogP) is 3.44. The van der Waals surface area contributed by atoms with Gasteiger partial charge in [-0.2, -0.15) is 0 Å². The Kier molecular flexibility index (Phi) is 4.65. The predicted molar refractivity (Wildman–Crippen MR) is 75.0 cm³/mol. The molecule has 21 heavy (non-hydrogen) atoms. The van der Waals surface area contributed by atoms with Crippen LogP contribution in [-0.4, -0.2) is 36.1 Å². The Balaban J connectivity index is 2.59. The van der Waals surface area contributed by atoms with Crippen LogP contribution in [0.4, 0.5) is 13.2 Å². The second-order valence-corrected chi connectivity index (χ2v) is 4.92. The van der Waals surface area contributed by atoms with Gasteiger partial charge in [0.25, 0.3) is 0 Å². The highest BCUT2D eigenvalue weighted by Gasteiger charge is 2.24. The largest absolute Gasteiger partial charge is 0.496 e. The summed E-state index contributed by atoms with van der Waals surface area (Å²) >= 11 is 0. The van der Waals surface area contributed by atoms with Crippen LogP contribution in [0.1, 0.15) is 17.1 Å². The molecule has 0 aliphatic heterocycles. The van der Waals surface area contributed by atoms with Crippen molar-refractivity contribution in [2.45, 2.75) is 32.6 Å². The average Bonchev–Trinajstić information content (AvgIpc) is 2.47. The summed E-state index contributed by atoms with van der Waals surface area (Å²) in [4.78, 5) is 8.52. The van der Waals surface area contributed by atoms with Crippen molar-refractivity contribution in [1.29, 1.82) is 0 Å². The minimum absolute atomic E-state index is 0.315. The van der Waals surface area contributed by atoms with E-state index in [9.17, 15) is 13.2 Å². The number of halogens is 3. The van der Waals surface area contributed by atoms with Crippen LogP contribution in [0.5, 0.6) is 5.75 Å². The van der Waals surface area contributed by atoms with Crippen LogP contribution < -0.4 is 4.74 Å². The van der Waals surface area contributed by atoms with E-state index in [1.165, 1.54) is 7.11 Å². The first-order chi connectivity index (χ1) is 9.97. The second kappa shape index (κ2) is 6.28. The number of fused-ring (bicyclic) bond motifs is 1. The fourth-order valence-corrected chi connectivity index (χ4v) is 2.26. The molecule has 1 heterocycles. The number of benzene rings is 1. The number of ether oxygens (including phenoxy) is 1. The molecule has 0 bridgehead atoms. The lowest BCUT2D eigenvalue weighted by atomic mass is 10.0. The molecule has 0 fully saturated rings. The molecule has 1 aromatic carbocycles. The Bertz CT molecular complexity index is 648. The van der Waals surface area contributed by atoms with Crippen LogP contribution in [0, 0.1) is 13.8 Å². The molecule has 2 unspecified atom stereocenters. The number of nitrogens with zero attached hydrogens (tertiary/aromatic N) is 2. The lowest BCUT2D eigenvalue weighted by Crippen LogP contribution is -2.22. The number of aryl methyl sites for hydroxylation is 2. The molecule has 0 amide bonds. The van der Waals surface area contributed by atoms with E-state index in [4.69, 9.17) is 4.74 Å². The van der Waals surface area contributed by atoms with Gasteiger partial charge in [0.05, 0.1) is 23.7 Å². The van der Waals surface area contributed by atoms with Crippen LogP contribution in [0.3, 0.4) is 0 Å². The van der Waals surface area contributed by atoms with E-state index in [-0.39, 0.29) is 6.42 Å². The van der Waals surface area contributed by atoms with Gasteiger partial charge in [-0.1, -0.05) is 6.07 Å². The van der Waals surface area contributed by atoms with Crippen LogP contribution in [0.15, 0.2) is 12.1 Å². The number of hydrogen-bond donors (Lipinski definition) is 0. The summed E-state index contributed by atoms with van der Waals surface area (Å²) in [5.41, 5.74) is 1.86. The Hall–Kier alpha value is -1.85. The number of aromatic nitrogens is 2. The van der Waals surface area contributed by atoms with Crippen molar-refractivity contribution in [2.75, 3.05) is 13.8 Å². The highest BCUT2D eigenvalue weighted by molar-refractivity contribution is 5.89. The number of rotatable bonds is 5. The van der Waals surface area contributed by atoms with Gasteiger partial charge in [0.1, 0.15) is 24.4 Å². The summed E-state index contributed by atoms with van der Waals surface area (Å²) in [6.45, 7) is 2.20. The summed E-state index contributed by atoms with van der Waals surface area (Å²) in [6.07, 6.45) is -4.41. The van der Waals surface area contributed by atoms with E-state index in [0.29, 0.717) is 28.2 Å². The molecule has 0 aliphatic carbocycles. The zero-order valence-electron chi connectivity index (χ0n) is 12.2. The summed E-state index contributed by atoms with van der Waals surface area (Å²) in [5.74, 6) is 0.949. The Labute approximate surface area is 121 Å². The van der Waals surface area contributed by atoms with Crippen LogP contribution in [-0.2, 0) is 6.42 Å². The van der Waals surface area contributed by atoms with Crippen molar-refractivity contribution in [3.63, 3.8) is 0 Å². The van der Waals surface area contributed by atoms with Gasteiger partial charge < -0.3 is 4.74 Å². The van der Waals surface area contributed by atoms with E-state index >= 15 is 0 Å². The first kappa shape index (κ1) is 15.5. The zero-order chi connectivity index (χ0) is 15.6. The Morgan fingerprint density at radius 3 is 2.48 bits per heavy atom. The third kappa shape index (κ3) is 3.09. The van der Waals surface area contributed by atoms with Crippen LogP contribution in [0.2, 0.25) is 0 Å². The van der Waals surface area contributed by atoms with E-state index in [1.807, 2.05) is 13.0 Å². The molecule has 0 saturated heterocycles. The average molecular weight is 298 g/mol. The molecule has 0 aliphatic rings.